The molecule has 1 atom stereocenters. The largest absolute Gasteiger partial charge is 0.316 e. The summed E-state index contributed by atoms with van der Waals surface area (Å²) >= 11 is 2.10. The van der Waals surface area contributed by atoms with Crippen molar-refractivity contribution in [3.05, 3.63) is 29.8 Å². The number of hydrogen-bond acceptors (Lipinski definition) is 2. The molecule has 0 fully saturated rings. The highest BCUT2D eigenvalue weighted by Gasteiger charge is 2.32. The normalized spacial score (nSPS) is 18.6. The van der Waals surface area contributed by atoms with E-state index in [2.05, 4.69) is 62.1 Å². The second-order valence-corrected chi connectivity index (χ2v) is 7.09. The molecule has 0 saturated heterocycles. The molecule has 0 spiro atoms. The lowest BCUT2D eigenvalue weighted by Crippen LogP contribution is -2.35. The zero-order valence-corrected chi connectivity index (χ0v) is 13.4. The molecular formula is C17H27NS. The number of fused-ring (bicyclic) bond motifs is 1. The highest BCUT2D eigenvalue weighted by molar-refractivity contribution is 8.00. The van der Waals surface area contributed by atoms with E-state index in [-0.39, 0.29) is 0 Å². The van der Waals surface area contributed by atoms with Crippen LogP contribution < -0.4 is 5.32 Å². The molecule has 1 aromatic carbocycles. The summed E-state index contributed by atoms with van der Waals surface area (Å²) in [5, 5.41) is 4.35. The van der Waals surface area contributed by atoms with Gasteiger partial charge in [-0.1, -0.05) is 39.0 Å². The van der Waals surface area contributed by atoms with Gasteiger partial charge in [-0.3, -0.25) is 0 Å². The SMILES string of the molecule is CCNCC(CC)(CC)CC1Cc2ccccc2S1. The van der Waals surface area contributed by atoms with E-state index in [0.717, 1.165) is 11.8 Å². The number of thioether (sulfide) groups is 1. The highest BCUT2D eigenvalue weighted by Crippen LogP contribution is 2.44. The molecule has 1 aliphatic rings. The molecule has 0 bridgehead atoms. The summed E-state index contributed by atoms with van der Waals surface area (Å²) in [5.41, 5.74) is 2.04. The van der Waals surface area contributed by atoms with Crippen LogP contribution in [0.15, 0.2) is 29.2 Å². The van der Waals surface area contributed by atoms with Crippen molar-refractivity contribution in [1.82, 2.24) is 5.32 Å². The second-order valence-electron chi connectivity index (χ2n) is 5.74. The molecule has 0 amide bonds. The summed E-state index contributed by atoms with van der Waals surface area (Å²) in [5.74, 6) is 0. The van der Waals surface area contributed by atoms with Crippen LogP contribution in [0.25, 0.3) is 0 Å². The van der Waals surface area contributed by atoms with Gasteiger partial charge in [0.2, 0.25) is 0 Å². The molecule has 0 saturated carbocycles. The van der Waals surface area contributed by atoms with Gasteiger partial charge in [-0.25, -0.2) is 0 Å². The third kappa shape index (κ3) is 3.55. The number of nitrogens with one attached hydrogen (secondary N) is 1. The summed E-state index contributed by atoms with van der Waals surface area (Å²) < 4.78 is 0. The highest BCUT2D eigenvalue weighted by atomic mass is 32.2. The van der Waals surface area contributed by atoms with Gasteiger partial charge in [0.1, 0.15) is 0 Å². The Morgan fingerprint density at radius 2 is 1.95 bits per heavy atom. The van der Waals surface area contributed by atoms with E-state index in [1.54, 1.807) is 5.56 Å². The van der Waals surface area contributed by atoms with Crippen molar-refractivity contribution in [1.29, 1.82) is 0 Å². The van der Waals surface area contributed by atoms with Gasteiger partial charge in [-0.15, -0.1) is 11.8 Å². The van der Waals surface area contributed by atoms with Gasteiger partial charge in [0.05, 0.1) is 0 Å². The first kappa shape index (κ1) is 14.9. The van der Waals surface area contributed by atoms with Crippen LogP contribution >= 0.6 is 11.8 Å². The molecule has 0 aliphatic carbocycles. The van der Waals surface area contributed by atoms with Gasteiger partial charge < -0.3 is 5.32 Å². The molecule has 0 radical (unpaired) electrons. The fourth-order valence-electron chi connectivity index (χ4n) is 3.10. The first-order valence-electron chi connectivity index (χ1n) is 7.68. The van der Waals surface area contributed by atoms with E-state index >= 15 is 0 Å². The summed E-state index contributed by atoms with van der Waals surface area (Å²) in [7, 11) is 0. The third-order valence-corrected chi connectivity index (χ3v) is 5.94. The Morgan fingerprint density at radius 3 is 2.58 bits per heavy atom. The van der Waals surface area contributed by atoms with Crippen molar-refractivity contribution in [2.24, 2.45) is 5.41 Å². The third-order valence-electron chi connectivity index (χ3n) is 4.62. The van der Waals surface area contributed by atoms with E-state index in [9.17, 15) is 0 Å². The molecule has 1 unspecified atom stereocenters. The van der Waals surface area contributed by atoms with Gasteiger partial charge in [0, 0.05) is 16.7 Å². The smallest absolute Gasteiger partial charge is 0.0141 e. The first-order valence-corrected chi connectivity index (χ1v) is 8.56. The van der Waals surface area contributed by atoms with Crippen LogP contribution in [0.5, 0.6) is 0 Å². The minimum absolute atomic E-state index is 0.482. The Morgan fingerprint density at radius 1 is 1.21 bits per heavy atom. The molecular weight excluding hydrogens is 250 g/mol. The molecule has 1 aromatic rings. The Balaban J connectivity index is 2.00. The molecule has 19 heavy (non-hydrogen) atoms. The average Bonchev–Trinajstić information content (AvgIpc) is 2.85. The minimum Gasteiger partial charge on any atom is -0.316 e. The lowest BCUT2D eigenvalue weighted by atomic mass is 9.77. The van der Waals surface area contributed by atoms with E-state index in [4.69, 9.17) is 0 Å². The Kier molecular flexibility index (Phi) is 5.35. The summed E-state index contributed by atoms with van der Waals surface area (Å²) in [4.78, 5) is 1.51. The maximum absolute atomic E-state index is 3.58. The van der Waals surface area contributed by atoms with Crippen LogP contribution in [-0.4, -0.2) is 18.3 Å². The number of benzene rings is 1. The molecule has 0 aromatic heterocycles. The fourth-order valence-corrected chi connectivity index (χ4v) is 4.62. The number of rotatable bonds is 7. The monoisotopic (exact) mass is 277 g/mol. The van der Waals surface area contributed by atoms with Crippen LogP contribution in [0.1, 0.15) is 45.6 Å². The van der Waals surface area contributed by atoms with Crippen LogP contribution in [0, 0.1) is 5.41 Å². The van der Waals surface area contributed by atoms with E-state index < -0.39 is 0 Å². The minimum atomic E-state index is 0.482. The van der Waals surface area contributed by atoms with Gasteiger partial charge in [-0.2, -0.15) is 0 Å². The molecule has 2 heteroatoms. The zero-order valence-electron chi connectivity index (χ0n) is 12.5. The van der Waals surface area contributed by atoms with Crippen molar-refractivity contribution in [2.45, 2.75) is 56.6 Å². The van der Waals surface area contributed by atoms with Gasteiger partial charge in [0.25, 0.3) is 0 Å². The Labute approximate surface area is 122 Å². The maximum Gasteiger partial charge on any atom is 0.0141 e. The predicted molar refractivity (Wildman–Crippen MR) is 86.0 cm³/mol. The summed E-state index contributed by atoms with van der Waals surface area (Å²) in [6.45, 7) is 9.17. The molecule has 1 N–H and O–H groups in total. The predicted octanol–water partition coefficient (Wildman–Crippen LogP) is 4.51. The first-order chi connectivity index (χ1) is 9.23. The lowest BCUT2D eigenvalue weighted by molar-refractivity contribution is 0.228. The van der Waals surface area contributed by atoms with Crippen LogP contribution in [0.4, 0.5) is 0 Å². The summed E-state index contributed by atoms with van der Waals surface area (Å²) in [6.07, 6.45) is 5.16. The fraction of sp³-hybridized carbons (Fsp3) is 0.647. The Hall–Kier alpha value is -0.470. The topological polar surface area (TPSA) is 12.0 Å². The molecule has 1 aliphatic heterocycles. The summed E-state index contributed by atoms with van der Waals surface area (Å²) in [6, 6.07) is 8.92. The van der Waals surface area contributed by atoms with Crippen molar-refractivity contribution >= 4 is 11.8 Å². The van der Waals surface area contributed by atoms with Crippen molar-refractivity contribution in [3.8, 4) is 0 Å². The maximum atomic E-state index is 3.58. The van der Waals surface area contributed by atoms with E-state index in [0.29, 0.717) is 5.41 Å². The zero-order chi connectivity index (χ0) is 13.7. The molecule has 1 heterocycles. The van der Waals surface area contributed by atoms with Crippen molar-refractivity contribution in [2.75, 3.05) is 13.1 Å². The van der Waals surface area contributed by atoms with Crippen molar-refractivity contribution < 1.29 is 0 Å². The van der Waals surface area contributed by atoms with Crippen molar-refractivity contribution in [3.63, 3.8) is 0 Å². The lowest BCUT2D eigenvalue weighted by Gasteiger charge is -2.34. The second kappa shape index (κ2) is 6.81. The van der Waals surface area contributed by atoms with Crippen LogP contribution in [-0.2, 0) is 6.42 Å². The van der Waals surface area contributed by atoms with Gasteiger partial charge >= 0.3 is 0 Å². The molecule has 2 rings (SSSR count). The van der Waals surface area contributed by atoms with Gasteiger partial charge in [0.15, 0.2) is 0 Å². The standard InChI is InChI=1S/C17H27NS/c1-4-17(5-2,13-18-6-3)12-15-11-14-9-7-8-10-16(14)19-15/h7-10,15,18H,4-6,11-13H2,1-3H3. The van der Waals surface area contributed by atoms with Crippen LogP contribution in [0.2, 0.25) is 0 Å². The van der Waals surface area contributed by atoms with Gasteiger partial charge in [-0.05, 0) is 49.3 Å². The molecule has 106 valence electrons. The average molecular weight is 277 g/mol. The number of hydrogen-bond donors (Lipinski definition) is 1. The van der Waals surface area contributed by atoms with E-state index in [1.165, 1.54) is 37.1 Å². The quantitative estimate of drug-likeness (QED) is 0.787. The Bertz CT molecular complexity index is 373. The molecule has 1 nitrogen and oxygen atoms in total. The van der Waals surface area contributed by atoms with Crippen LogP contribution in [0.3, 0.4) is 0 Å². The van der Waals surface area contributed by atoms with E-state index in [1.807, 2.05) is 0 Å².